The van der Waals surface area contributed by atoms with Gasteiger partial charge in [-0.3, -0.25) is 4.79 Å². The number of nitrogens with one attached hydrogen (secondary N) is 1. The molecule has 3 N–H and O–H groups in total. The maximum atomic E-state index is 11.9. The molecule has 18 heavy (non-hydrogen) atoms. The van der Waals surface area contributed by atoms with Crippen LogP contribution in [0.4, 0.5) is 0 Å². The van der Waals surface area contributed by atoms with Crippen molar-refractivity contribution in [3.63, 3.8) is 0 Å². The number of nitrogens with two attached hydrogens (primary N) is 1. The zero-order valence-electron chi connectivity index (χ0n) is 10.5. The lowest BCUT2D eigenvalue weighted by atomic mass is 10.1. The Morgan fingerprint density at radius 3 is 2.39 bits per heavy atom. The quantitative estimate of drug-likeness (QED) is 0.649. The van der Waals surface area contributed by atoms with E-state index in [1.165, 1.54) is 0 Å². The fourth-order valence-corrected chi connectivity index (χ4v) is 1.70. The van der Waals surface area contributed by atoms with E-state index in [-0.39, 0.29) is 12.3 Å². The molecule has 0 fully saturated rings. The monoisotopic (exact) mass is 308 g/mol. The van der Waals surface area contributed by atoms with E-state index in [1.54, 1.807) is 18.2 Å². The molecule has 1 aromatic rings. The van der Waals surface area contributed by atoms with E-state index in [0.717, 1.165) is 10.2 Å². The number of Topliss-reactive ketones (excluding diaryl/α,β-unsaturated/α-hetero) is 1. The highest BCUT2D eigenvalue weighted by Gasteiger charge is 2.06. The van der Waals surface area contributed by atoms with Crippen molar-refractivity contribution in [1.82, 2.24) is 5.32 Å². The molecule has 96 valence electrons. The first kappa shape index (κ1) is 14.5. The Labute approximate surface area is 116 Å². The van der Waals surface area contributed by atoms with Crippen LogP contribution in [-0.4, -0.2) is 12.3 Å². The van der Waals surface area contributed by atoms with Crippen LogP contribution in [0.25, 0.3) is 0 Å². The summed E-state index contributed by atoms with van der Waals surface area (Å²) in [6, 6.07) is 7.29. The Morgan fingerprint density at radius 2 is 1.89 bits per heavy atom. The SMILES string of the molecule is C/C=C(N)\C(=C/C)NCC(=O)c1ccc(Br)cc1. The molecular weight excluding hydrogens is 292 g/mol. The van der Waals surface area contributed by atoms with Gasteiger partial charge in [-0.25, -0.2) is 0 Å². The molecule has 0 saturated carbocycles. The molecule has 0 aliphatic carbocycles. The third-order valence-electron chi connectivity index (χ3n) is 2.52. The Morgan fingerprint density at radius 1 is 1.28 bits per heavy atom. The number of carbonyl (C=O) groups is 1. The van der Waals surface area contributed by atoms with E-state index in [1.807, 2.05) is 32.1 Å². The van der Waals surface area contributed by atoms with Crippen molar-refractivity contribution in [1.29, 1.82) is 0 Å². The van der Waals surface area contributed by atoms with Crippen LogP contribution in [0.15, 0.2) is 52.3 Å². The molecule has 1 aromatic carbocycles. The van der Waals surface area contributed by atoms with Crippen molar-refractivity contribution < 1.29 is 4.79 Å². The van der Waals surface area contributed by atoms with Crippen molar-refractivity contribution in [3.8, 4) is 0 Å². The Bertz CT molecular complexity index is 475. The van der Waals surface area contributed by atoms with E-state index in [4.69, 9.17) is 5.73 Å². The number of benzene rings is 1. The third kappa shape index (κ3) is 4.04. The van der Waals surface area contributed by atoms with Gasteiger partial charge in [0.2, 0.25) is 0 Å². The fraction of sp³-hybridized carbons (Fsp3) is 0.214. The van der Waals surface area contributed by atoms with E-state index in [9.17, 15) is 4.79 Å². The molecule has 0 aromatic heterocycles. The van der Waals surface area contributed by atoms with E-state index in [0.29, 0.717) is 11.3 Å². The van der Waals surface area contributed by atoms with Crippen LogP contribution in [0.2, 0.25) is 0 Å². The fourth-order valence-electron chi connectivity index (χ4n) is 1.44. The van der Waals surface area contributed by atoms with Crippen LogP contribution in [0.5, 0.6) is 0 Å². The largest absolute Gasteiger partial charge is 0.397 e. The lowest BCUT2D eigenvalue weighted by molar-refractivity contribution is 0.0994. The summed E-state index contributed by atoms with van der Waals surface area (Å²) in [6.07, 6.45) is 3.65. The summed E-state index contributed by atoms with van der Waals surface area (Å²) in [5.41, 5.74) is 7.89. The number of allylic oxidation sites excluding steroid dienone is 2. The topological polar surface area (TPSA) is 55.1 Å². The predicted molar refractivity (Wildman–Crippen MR) is 78.2 cm³/mol. The van der Waals surface area contributed by atoms with Crippen LogP contribution in [0.3, 0.4) is 0 Å². The molecule has 1 rings (SSSR count). The van der Waals surface area contributed by atoms with Gasteiger partial charge < -0.3 is 11.1 Å². The summed E-state index contributed by atoms with van der Waals surface area (Å²) in [6.45, 7) is 3.97. The van der Waals surface area contributed by atoms with E-state index >= 15 is 0 Å². The van der Waals surface area contributed by atoms with Crippen molar-refractivity contribution in [2.24, 2.45) is 5.73 Å². The second-order valence-electron chi connectivity index (χ2n) is 3.73. The molecule has 3 nitrogen and oxygen atoms in total. The lowest BCUT2D eigenvalue weighted by Gasteiger charge is -2.10. The van der Waals surface area contributed by atoms with Gasteiger partial charge in [-0.05, 0) is 26.0 Å². The second kappa shape index (κ2) is 7.01. The molecule has 0 bridgehead atoms. The highest BCUT2D eigenvalue weighted by molar-refractivity contribution is 9.10. The molecule has 0 amide bonds. The molecular formula is C14H17BrN2O. The zero-order valence-corrected chi connectivity index (χ0v) is 12.1. The van der Waals surface area contributed by atoms with Gasteiger partial charge >= 0.3 is 0 Å². The van der Waals surface area contributed by atoms with Crippen molar-refractivity contribution in [2.45, 2.75) is 13.8 Å². The van der Waals surface area contributed by atoms with Crippen molar-refractivity contribution >= 4 is 21.7 Å². The van der Waals surface area contributed by atoms with Gasteiger partial charge in [-0.1, -0.05) is 40.2 Å². The minimum absolute atomic E-state index is 0.0331. The smallest absolute Gasteiger partial charge is 0.181 e. The predicted octanol–water partition coefficient (Wildman–Crippen LogP) is 2.99. The van der Waals surface area contributed by atoms with Gasteiger partial charge in [0.15, 0.2) is 5.78 Å². The number of ketones is 1. The summed E-state index contributed by atoms with van der Waals surface area (Å²) in [4.78, 5) is 11.9. The van der Waals surface area contributed by atoms with Gasteiger partial charge in [-0.2, -0.15) is 0 Å². The Hall–Kier alpha value is -1.55. The first-order valence-electron chi connectivity index (χ1n) is 5.69. The van der Waals surface area contributed by atoms with Crippen LogP contribution >= 0.6 is 15.9 Å². The first-order chi connectivity index (χ1) is 8.58. The molecule has 0 unspecified atom stereocenters. The van der Waals surface area contributed by atoms with Gasteiger partial charge in [0.05, 0.1) is 17.9 Å². The minimum atomic E-state index is 0.0331. The maximum absolute atomic E-state index is 11.9. The average molecular weight is 309 g/mol. The molecule has 0 spiro atoms. The molecule has 0 atom stereocenters. The van der Waals surface area contributed by atoms with Crippen LogP contribution in [-0.2, 0) is 0 Å². The summed E-state index contributed by atoms with van der Waals surface area (Å²) in [7, 11) is 0. The maximum Gasteiger partial charge on any atom is 0.181 e. The number of rotatable bonds is 5. The summed E-state index contributed by atoms with van der Waals surface area (Å²) in [5.74, 6) is 0.0331. The number of halogens is 1. The van der Waals surface area contributed by atoms with Gasteiger partial charge in [0, 0.05) is 10.0 Å². The number of carbonyl (C=O) groups excluding carboxylic acids is 1. The first-order valence-corrected chi connectivity index (χ1v) is 6.49. The van der Waals surface area contributed by atoms with Crippen LogP contribution in [0.1, 0.15) is 24.2 Å². The van der Waals surface area contributed by atoms with E-state index in [2.05, 4.69) is 21.2 Å². The molecule has 0 radical (unpaired) electrons. The summed E-state index contributed by atoms with van der Waals surface area (Å²) in [5, 5.41) is 3.04. The third-order valence-corrected chi connectivity index (χ3v) is 3.04. The minimum Gasteiger partial charge on any atom is -0.397 e. The normalized spacial score (nSPS) is 12.4. The van der Waals surface area contributed by atoms with Crippen LogP contribution in [0, 0.1) is 0 Å². The Kier molecular flexibility index (Phi) is 5.65. The molecule has 0 saturated heterocycles. The standard InChI is InChI=1S/C14H17BrN2O/c1-3-12(16)13(4-2)17-9-14(18)10-5-7-11(15)8-6-10/h3-8,17H,9,16H2,1-2H3/b12-3+,13-4+. The number of hydrogen-bond donors (Lipinski definition) is 2. The Balaban J connectivity index is 2.64. The van der Waals surface area contributed by atoms with Crippen LogP contribution < -0.4 is 11.1 Å². The lowest BCUT2D eigenvalue weighted by Crippen LogP contribution is -2.25. The van der Waals surface area contributed by atoms with Gasteiger partial charge in [0.25, 0.3) is 0 Å². The summed E-state index contributed by atoms with van der Waals surface area (Å²) < 4.78 is 0.958. The second-order valence-corrected chi connectivity index (χ2v) is 4.65. The molecule has 0 aliphatic heterocycles. The van der Waals surface area contributed by atoms with Gasteiger partial charge in [-0.15, -0.1) is 0 Å². The zero-order chi connectivity index (χ0) is 13.5. The molecule has 0 heterocycles. The van der Waals surface area contributed by atoms with Gasteiger partial charge in [0.1, 0.15) is 0 Å². The summed E-state index contributed by atoms with van der Waals surface area (Å²) >= 11 is 3.34. The highest BCUT2D eigenvalue weighted by atomic mass is 79.9. The number of hydrogen-bond acceptors (Lipinski definition) is 3. The van der Waals surface area contributed by atoms with Crippen molar-refractivity contribution in [3.05, 3.63) is 57.8 Å². The van der Waals surface area contributed by atoms with E-state index < -0.39 is 0 Å². The van der Waals surface area contributed by atoms with Crippen molar-refractivity contribution in [2.75, 3.05) is 6.54 Å². The highest BCUT2D eigenvalue weighted by Crippen LogP contribution is 2.11. The molecule has 4 heteroatoms. The molecule has 0 aliphatic rings. The average Bonchev–Trinajstić information content (AvgIpc) is 2.39.